The Balaban J connectivity index is 1.58. The predicted molar refractivity (Wildman–Crippen MR) is 133 cm³/mol. The Bertz CT molecular complexity index is 853. The molecular formula is C25H30O2S2Si. The molecular weight excluding hydrogens is 424 g/mol. The maximum atomic E-state index is 11.6. The number of rotatable bonds is 6. The second-order valence-corrected chi connectivity index (χ2v) is 16.1. The van der Waals surface area contributed by atoms with E-state index < -0.39 is 8.32 Å². The van der Waals surface area contributed by atoms with Gasteiger partial charge in [0.05, 0.1) is 0 Å². The SMILES string of the molecule is CC(C)(C)[Si](OC[C@H]1CC[C@H]([C@@H]2C=CC(=O)S2)S1)(c1ccccc1)c1ccccc1. The van der Waals surface area contributed by atoms with Gasteiger partial charge in [-0.2, -0.15) is 11.8 Å². The Morgan fingerprint density at radius 2 is 1.57 bits per heavy atom. The van der Waals surface area contributed by atoms with Gasteiger partial charge in [-0.15, -0.1) is 0 Å². The monoisotopic (exact) mass is 454 g/mol. The van der Waals surface area contributed by atoms with Gasteiger partial charge in [0.25, 0.3) is 8.32 Å². The lowest BCUT2D eigenvalue weighted by Crippen LogP contribution is -2.67. The number of thioether (sulfide) groups is 2. The van der Waals surface area contributed by atoms with E-state index in [0.29, 0.717) is 15.7 Å². The van der Waals surface area contributed by atoms with Crippen LogP contribution in [0.4, 0.5) is 0 Å². The van der Waals surface area contributed by atoms with E-state index in [-0.39, 0.29) is 10.2 Å². The lowest BCUT2D eigenvalue weighted by molar-refractivity contribution is -0.106. The maximum Gasteiger partial charge on any atom is 0.261 e. The third-order valence-electron chi connectivity index (χ3n) is 6.08. The van der Waals surface area contributed by atoms with Crippen molar-refractivity contribution in [1.29, 1.82) is 0 Å². The van der Waals surface area contributed by atoms with Gasteiger partial charge in [0.2, 0.25) is 5.12 Å². The van der Waals surface area contributed by atoms with Crippen LogP contribution >= 0.6 is 23.5 Å². The van der Waals surface area contributed by atoms with Crippen molar-refractivity contribution in [3.63, 3.8) is 0 Å². The van der Waals surface area contributed by atoms with E-state index in [9.17, 15) is 4.79 Å². The highest BCUT2D eigenvalue weighted by atomic mass is 32.2. The van der Waals surface area contributed by atoms with Crippen molar-refractivity contribution in [2.75, 3.05) is 6.61 Å². The minimum atomic E-state index is -2.47. The highest BCUT2D eigenvalue weighted by Gasteiger charge is 2.50. The molecule has 2 aliphatic rings. The Hall–Kier alpha value is -1.27. The second kappa shape index (κ2) is 9.07. The molecule has 4 rings (SSSR count). The van der Waals surface area contributed by atoms with Crippen molar-refractivity contribution >= 4 is 47.3 Å². The Morgan fingerprint density at radius 1 is 0.967 bits per heavy atom. The molecule has 0 aliphatic carbocycles. The molecule has 0 saturated carbocycles. The first-order valence-corrected chi connectivity index (χ1v) is 14.4. The molecule has 2 heterocycles. The van der Waals surface area contributed by atoms with E-state index in [1.807, 2.05) is 11.8 Å². The molecule has 0 aromatic heterocycles. The molecule has 2 nitrogen and oxygen atoms in total. The van der Waals surface area contributed by atoms with Crippen molar-refractivity contribution in [2.45, 2.75) is 54.4 Å². The Kier molecular flexibility index (Phi) is 6.63. The molecule has 1 fully saturated rings. The number of carbonyl (C=O) groups excluding carboxylic acids is 1. The van der Waals surface area contributed by atoms with E-state index in [1.54, 1.807) is 6.08 Å². The number of carbonyl (C=O) groups is 1. The number of hydrogen-bond acceptors (Lipinski definition) is 4. The first-order valence-electron chi connectivity index (χ1n) is 10.7. The standard InChI is InChI=1S/C25H30O2S2Si/c1-25(2,3)30(20-10-6-4-7-11-20,21-12-8-5-9-13-21)27-18-19-14-15-22(28-19)23-16-17-24(26)29-23/h4-13,16-17,19,22-23H,14-15,18H2,1-3H3/t19-,22-,23+/m1/s1. The van der Waals surface area contributed by atoms with Gasteiger partial charge in [0, 0.05) is 22.4 Å². The zero-order valence-corrected chi connectivity index (χ0v) is 20.5. The van der Waals surface area contributed by atoms with Gasteiger partial charge in [0.15, 0.2) is 0 Å². The summed E-state index contributed by atoms with van der Waals surface area (Å²) in [5.74, 6) is 0. The molecule has 0 N–H and O–H groups in total. The summed E-state index contributed by atoms with van der Waals surface area (Å²) in [6, 6.07) is 21.7. The number of hydrogen-bond donors (Lipinski definition) is 0. The topological polar surface area (TPSA) is 26.3 Å². The van der Waals surface area contributed by atoms with Gasteiger partial charge in [-0.05, 0) is 34.3 Å². The van der Waals surface area contributed by atoms with Gasteiger partial charge in [-0.1, -0.05) is 99.3 Å². The van der Waals surface area contributed by atoms with Crippen molar-refractivity contribution in [2.24, 2.45) is 0 Å². The molecule has 2 aromatic rings. The lowest BCUT2D eigenvalue weighted by Gasteiger charge is -2.43. The summed E-state index contributed by atoms with van der Waals surface area (Å²) in [5, 5.41) is 4.22. The molecule has 2 aromatic carbocycles. The fraction of sp³-hybridized carbons (Fsp3) is 0.400. The molecule has 0 amide bonds. The average Bonchev–Trinajstić information content (AvgIpc) is 3.38. The van der Waals surface area contributed by atoms with Crippen molar-refractivity contribution < 1.29 is 9.22 Å². The van der Waals surface area contributed by atoms with Crippen LogP contribution in [0.3, 0.4) is 0 Å². The van der Waals surface area contributed by atoms with Crippen LogP contribution in [0.2, 0.25) is 5.04 Å². The lowest BCUT2D eigenvalue weighted by atomic mass is 10.1. The summed E-state index contributed by atoms with van der Waals surface area (Å²) in [7, 11) is -2.47. The molecule has 3 atom stereocenters. The third-order valence-corrected chi connectivity index (χ3v) is 14.0. The number of benzene rings is 2. The summed E-state index contributed by atoms with van der Waals surface area (Å²) < 4.78 is 7.11. The molecule has 1 saturated heterocycles. The smallest absolute Gasteiger partial charge is 0.261 e. The largest absolute Gasteiger partial charge is 0.406 e. The van der Waals surface area contributed by atoms with Crippen LogP contribution in [-0.4, -0.2) is 35.8 Å². The molecule has 0 bridgehead atoms. The quantitative estimate of drug-likeness (QED) is 0.572. The summed E-state index contributed by atoms with van der Waals surface area (Å²) in [4.78, 5) is 11.6. The van der Waals surface area contributed by atoms with E-state index in [0.717, 1.165) is 19.4 Å². The van der Waals surface area contributed by atoms with Crippen molar-refractivity contribution in [3.05, 3.63) is 72.8 Å². The van der Waals surface area contributed by atoms with E-state index in [2.05, 4.69) is 87.5 Å². The first kappa shape index (κ1) is 21.9. The van der Waals surface area contributed by atoms with E-state index >= 15 is 0 Å². The summed E-state index contributed by atoms with van der Waals surface area (Å²) in [6.07, 6.45) is 6.15. The molecule has 0 unspecified atom stereocenters. The Morgan fingerprint density at radius 3 is 2.07 bits per heavy atom. The normalized spacial score (nSPS) is 24.5. The third kappa shape index (κ3) is 4.36. The summed E-state index contributed by atoms with van der Waals surface area (Å²) >= 11 is 3.51. The minimum absolute atomic E-state index is 0.00877. The van der Waals surface area contributed by atoms with Gasteiger partial charge in [-0.3, -0.25) is 4.79 Å². The maximum absolute atomic E-state index is 11.6. The minimum Gasteiger partial charge on any atom is -0.406 e. The molecule has 5 heteroatoms. The fourth-order valence-electron chi connectivity index (χ4n) is 4.66. The van der Waals surface area contributed by atoms with Crippen LogP contribution in [0.25, 0.3) is 0 Å². The highest BCUT2D eigenvalue weighted by Crippen LogP contribution is 2.43. The fourth-order valence-corrected chi connectivity index (χ4v) is 12.1. The van der Waals surface area contributed by atoms with Crippen LogP contribution in [0, 0.1) is 0 Å². The van der Waals surface area contributed by atoms with Gasteiger partial charge in [-0.25, -0.2) is 0 Å². The van der Waals surface area contributed by atoms with E-state index in [4.69, 9.17) is 4.43 Å². The van der Waals surface area contributed by atoms with E-state index in [1.165, 1.54) is 22.1 Å². The van der Waals surface area contributed by atoms with Crippen LogP contribution in [0.5, 0.6) is 0 Å². The zero-order chi connectivity index (χ0) is 21.2. The average molecular weight is 455 g/mol. The first-order chi connectivity index (χ1) is 14.4. The second-order valence-electron chi connectivity index (χ2n) is 9.11. The molecule has 30 heavy (non-hydrogen) atoms. The van der Waals surface area contributed by atoms with Gasteiger partial charge < -0.3 is 4.43 Å². The van der Waals surface area contributed by atoms with Gasteiger partial charge >= 0.3 is 0 Å². The van der Waals surface area contributed by atoms with Crippen molar-refractivity contribution in [1.82, 2.24) is 0 Å². The van der Waals surface area contributed by atoms with Crippen molar-refractivity contribution in [3.8, 4) is 0 Å². The Labute approximate surface area is 190 Å². The van der Waals surface area contributed by atoms with Gasteiger partial charge in [0.1, 0.15) is 0 Å². The predicted octanol–water partition coefficient (Wildman–Crippen LogP) is 5.03. The van der Waals surface area contributed by atoms with Crippen LogP contribution < -0.4 is 10.4 Å². The molecule has 0 spiro atoms. The molecule has 158 valence electrons. The molecule has 2 aliphatic heterocycles. The van der Waals surface area contributed by atoms with Crippen LogP contribution in [-0.2, 0) is 9.22 Å². The zero-order valence-electron chi connectivity index (χ0n) is 17.9. The summed E-state index contributed by atoms with van der Waals surface area (Å²) in [6.45, 7) is 7.75. The summed E-state index contributed by atoms with van der Waals surface area (Å²) in [5.41, 5.74) is 0. The highest BCUT2D eigenvalue weighted by molar-refractivity contribution is 8.16. The van der Waals surface area contributed by atoms with Crippen LogP contribution in [0.1, 0.15) is 33.6 Å². The molecule has 0 radical (unpaired) electrons. The van der Waals surface area contributed by atoms with Crippen LogP contribution in [0.15, 0.2) is 72.8 Å².